The van der Waals surface area contributed by atoms with Crippen molar-refractivity contribution < 1.29 is 117 Å². The summed E-state index contributed by atoms with van der Waals surface area (Å²) < 4.78 is 110. The van der Waals surface area contributed by atoms with E-state index in [2.05, 4.69) is 226 Å². The van der Waals surface area contributed by atoms with Gasteiger partial charge in [0, 0.05) is 45.5 Å². The van der Waals surface area contributed by atoms with Crippen molar-refractivity contribution in [2.75, 3.05) is 0 Å². The van der Waals surface area contributed by atoms with E-state index in [1.54, 1.807) is 0 Å². The summed E-state index contributed by atoms with van der Waals surface area (Å²) in [6.07, 6.45) is 0. The third-order valence-electron chi connectivity index (χ3n) is 10.0. The van der Waals surface area contributed by atoms with E-state index in [4.69, 9.17) is 93.8 Å². The van der Waals surface area contributed by atoms with Crippen LogP contribution < -0.4 is 69.6 Å². The van der Waals surface area contributed by atoms with Gasteiger partial charge in [-0.15, -0.1) is 30.7 Å². The van der Waals surface area contributed by atoms with Crippen molar-refractivity contribution in [3.8, 4) is 15.4 Å². The molecule has 0 atom stereocenters. The van der Waals surface area contributed by atoms with Crippen LogP contribution in [-0.2, 0) is 87.4 Å². The number of aromatic nitrogens is 9. The normalized spacial score (nSPS) is 12.4. The van der Waals surface area contributed by atoms with Crippen LogP contribution in [-0.4, -0.2) is 30.6 Å². The minimum absolute atomic E-state index is 0. The van der Waals surface area contributed by atoms with E-state index in [-0.39, 0.29) is 49.6 Å². The van der Waals surface area contributed by atoms with Gasteiger partial charge in [0.15, 0.2) is 0 Å². The Kier molecular flexibility index (Phi) is 28.2. The fourth-order valence-corrected chi connectivity index (χ4v) is 9.62. The molecule has 6 rings (SSSR count). The van der Waals surface area contributed by atoms with E-state index in [9.17, 15) is 0 Å². The predicted octanol–water partition coefficient (Wildman–Crippen LogP) is -3.40. The Hall–Kier alpha value is -2.30. The fourth-order valence-electron chi connectivity index (χ4n) is 7.00. The quantitative estimate of drug-likeness (QED) is 0.0947. The van der Waals surface area contributed by atoms with Gasteiger partial charge in [0.1, 0.15) is 34.2 Å². The average Bonchev–Trinajstić information content (AvgIpc) is 3.94. The Balaban J connectivity index is 0.00000101. The zero-order valence-corrected chi connectivity index (χ0v) is 56.1. The van der Waals surface area contributed by atoms with Gasteiger partial charge in [-0.1, -0.05) is 140 Å². The minimum Gasteiger partial charge on any atom is -0.404 e. The van der Waals surface area contributed by atoms with E-state index in [0.29, 0.717) is 13.0 Å². The molecule has 0 aliphatic heterocycles. The third-order valence-corrected chi connectivity index (χ3v) is 13.1. The Morgan fingerprint density at radius 2 is 0.443 bits per heavy atom. The first-order valence-electron chi connectivity index (χ1n) is 23.1. The molecule has 6 aromatic heterocycles. The molecule has 21 nitrogen and oxygen atoms in total. The summed E-state index contributed by atoms with van der Waals surface area (Å²) in [5.74, 6) is 0. The molecule has 0 saturated carbocycles. The average molecular weight is 1320 g/mol. The zero-order valence-electron chi connectivity index (χ0n) is 47.8. The van der Waals surface area contributed by atoms with Gasteiger partial charge >= 0.3 is 32.5 Å². The van der Waals surface area contributed by atoms with Crippen LogP contribution in [0.25, 0.3) is 15.4 Å². The molecule has 0 saturated heterocycles. The van der Waals surface area contributed by atoms with Crippen LogP contribution in [0.4, 0.5) is 0 Å². The number of aryl methyl sites for hydroxylation is 3. The number of nitrogens with zero attached hydrogens (tertiary/aromatic N) is 9. The predicted molar refractivity (Wildman–Crippen MR) is 268 cm³/mol. The Morgan fingerprint density at radius 1 is 0.316 bits per heavy atom. The maximum Gasteiger partial charge on any atom is 3.00 e. The molecule has 31 heteroatoms. The van der Waals surface area contributed by atoms with Crippen molar-refractivity contribution in [1.82, 2.24) is 30.6 Å². The number of halogens is 3. The van der Waals surface area contributed by atoms with Gasteiger partial charge in [-0.3, -0.25) is 34.0 Å². The molecule has 0 N–H and O–H groups in total. The number of hydrogen-bond acceptors (Lipinski definition) is 24. The van der Waals surface area contributed by atoms with Crippen LogP contribution in [0.1, 0.15) is 175 Å². The topological polar surface area (TPSA) is 366 Å². The second kappa shape index (κ2) is 29.0. The van der Waals surface area contributed by atoms with E-state index in [0.717, 1.165) is 15.4 Å². The van der Waals surface area contributed by atoms with Crippen LogP contribution >= 0.6 is 34.0 Å². The summed E-state index contributed by atoms with van der Waals surface area (Å²) in [6, 6.07) is 13.4. The Morgan fingerprint density at radius 3 is 0.532 bits per heavy atom. The van der Waals surface area contributed by atoms with E-state index in [1.807, 2.05) is 0 Å². The molecule has 0 bridgehead atoms. The zero-order chi connectivity index (χ0) is 61.5. The van der Waals surface area contributed by atoms with Crippen molar-refractivity contribution in [2.45, 2.75) is 191 Å². The van der Waals surface area contributed by atoms with Crippen molar-refractivity contribution in [1.29, 1.82) is 0 Å². The number of pyridine rings is 3. The monoisotopic (exact) mass is 1320 g/mol. The summed E-state index contributed by atoms with van der Waals surface area (Å²) in [6.45, 7) is 46.4. The maximum atomic E-state index is 8.49. The minimum atomic E-state index is -4.94. The van der Waals surface area contributed by atoms with Crippen molar-refractivity contribution >= 4 is 71.9 Å². The van der Waals surface area contributed by atoms with E-state index < -0.39 is 30.7 Å². The molecule has 6 aromatic rings. The summed E-state index contributed by atoms with van der Waals surface area (Å²) >= 11 is 19.9. The molecule has 0 fully saturated rings. The summed E-state index contributed by atoms with van der Waals surface area (Å²) in [4.78, 5) is 0. The summed E-state index contributed by atoms with van der Waals surface area (Å²) in [5.41, 5.74) is 11.3. The summed E-state index contributed by atoms with van der Waals surface area (Å²) in [7, 11) is -14.8. The molecular weight excluding hydrogens is 1250 g/mol. The van der Waals surface area contributed by atoms with Gasteiger partial charge in [-0.2, -0.15) is 0 Å². The third kappa shape index (κ3) is 28.2. The van der Waals surface area contributed by atoms with Crippen molar-refractivity contribution in [3.05, 3.63) is 87.3 Å². The van der Waals surface area contributed by atoms with Crippen LogP contribution in [0, 0.1) is 51.5 Å². The Bertz CT molecular complexity index is 2480. The van der Waals surface area contributed by atoms with Gasteiger partial charge in [-0.05, 0) is 73.9 Å². The number of hydrogen-bond donors (Lipinski definition) is 0. The first kappa shape index (κ1) is 76.7. The van der Waals surface area contributed by atoms with Crippen molar-refractivity contribution in [3.63, 3.8) is 0 Å². The van der Waals surface area contributed by atoms with Crippen LogP contribution in [0.2, 0.25) is 0 Å². The van der Waals surface area contributed by atoms with Crippen LogP contribution in [0.15, 0.2) is 49.4 Å². The second-order valence-corrected chi connectivity index (χ2v) is 30.7. The van der Waals surface area contributed by atoms with Crippen LogP contribution in [0.3, 0.4) is 0 Å². The van der Waals surface area contributed by atoms with Crippen molar-refractivity contribution in [2.24, 2.45) is 0 Å². The van der Waals surface area contributed by atoms with Gasteiger partial charge in [0.05, 0.1) is 15.3 Å². The smallest absolute Gasteiger partial charge is 0.404 e. The molecular formula is C48H69Cl3FeN9O12S6. The van der Waals surface area contributed by atoms with Gasteiger partial charge < -0.3 is 37.9 Å². The first-order chi connectivity index (χ1) is 34.5. The second-order valence-electron chi connectivity index (χ2n) is 23.6. The van der Waals surface area contributed by atoms with Crippen LogP contribution in [0.5, 0.6) is 0 Å². The molecule has 6 heterocycles. The summed E-state index contributed by atoms with van der Waals surface area (Å²) in [5, 5.41) is 27.5. The Labute approximate surface area is 509 Å². The molecule has 0 aromatic carbocycles. The SMILES string of the molecule is Cc1cc(C(C)(C)C)[n+](-c2nnc([S-])s2)c(C(C)(C)C)c1.Cc1cc(C(C)(C)C)[n+](-c2nnc([S-])s2)c(C(C)(C)C)c1.Cc1cc(C(C)(C)C)[n+](-c2nnc([S-])s2)c(C(C)(C)C)c1.[Fe+3].[O-][Cl+3]([O-])([O-])[O-].[O-][Cl+3]([O-])([O-])[O-].[O-][Cl+3]([O-])([O-])[O-]. The maximum absolute atomic E-state index is 8.49. The molecule has 0 aliphatic rings. The van der Waals surface area contributed by atoms with E-state index in [1.165, 1.54) is 84.9 Å². The van der Waals surface area contributed by atoms with E-state index >= 15 is 0 Å². The molecule has 443 valence electrons. The molecule has 0 amide bonds. The molecule has 0 unspecified atom stereocenters. The molecule has 1 radical (unpaired) electrons. The number of rotatable bonds is 3. The molecule has 79 heavy (non-hydrogen) atoms. The standard InChI is InChI=1S/3C16H23N3S2.3ClHO4.Fe/c3*1-10-8-11(15(2,3)4)19(12(9-10)16(5,6)7)13-17-18-14(20)21-13;3*2-1(3,4)5;/h3*8-9H,1-7H3;3*(H,2,3,4,5);/q;;;;;;+3/p-3. The largest absolute Gasteiger partial charge is 3.00 e. The first-order valence-corrected chi connectivity index (χ1v) is 30.5. The van der Waals surface area contributed by atoms with Gasteiger partial charge in [0.2, 0.25) is 0 Å². The fraction of sp³-hybridized carbons (Fsp3) is 0.562. The van der Waals surface area contributed by atoms with Gasteiger partial charge in [-0.25, -0.2) is 69.6 Å². The molecule has 0 aliphatic carbocycles. The van der Waals surface area contributed by atoms with Gasteiger partial charge in [0.25, 0.3) is 0 Å². The molecule has 0 spiro atoms.